The van der Waals surface area contributed by atoms with Gasteiger partial charge in [0.05, 0.1) is 33.9 Å². The van der Waals surface area contributed by atoms with Gasteiger partial charge in [0.2, 0.25) is 0 Å². The highest BCUT2D eigenvalue weighted by Crippen LogP contribution is 2.38. The van der Waals surface area contributed by atoms with Crippen LogP contribution in [0.5, 0.6) is 0 Å². The Morgan fingerprint density at radius 3 is 2.12 bits per heavy atom. The minimum absolute atomic E-state index is 0.0523. The minimum Gasteiger partial charge on any atom is -0.756 e. The zero-order chi connectivity index (χ0) is 31.0. The number of nitrogens with zero attached hydrogens (tertiary/aromatic N) is 1. The molecule has 1 unspecified atom stereocenters. The topological polar surface area (TPSA) is 131 Å². The number of likely N-dealkylation sites (N-methyl/N-ethyl adjacent to an activating group) is 1. The van der Waals surface area contributed by atoms with Crippen LogP contribution in [0, 0.1) is 0 Å². The summed E-state index contributed by atoms with van der Waals surface area (Å²) in [5, 5.41) is 9.41. The van der Waals surface area contributed by atoms with Gasteiger partial charge in [-0.3, -0.25) is 14.2 Å². The number of hydrogen-bond donors (Lipinski definition) is 1. The van der Waals surface area contributed by atoms with E-state index < -0.39 is 32.5 Å². The van der Waals surface area contributed by atoms with Gasteiger partial charge in [0, 0.05) is 13.3 Å². The minimum atomic E-state index is -4.59. The molecule has 0 fully saturated rings. The van der Waals surface area contributed by atoms with Crippen LogP contribution in [-0.2, 0) is 32.7 Å². The van der Waals surface area contributed by atoms with Crippen molar-refractivity contribution in [3.63, 3.8) is 0 Å². The van der Waals surface area contributed by atoms with Gasteiger partial charge in [0.15, 0.2) is 6.10 Å². The van der Waals surface area contributed by atoms with E-state index in [1.54, 1.807) is 6.08 Å². The number of rotatable bonds is 23. The average molecular weight is 600 g/mol. The van der Waals surface area contributed by atoms with Gasteiger partial charge in [-0.1, -0.05) is 67.7 Å². The molecule has 0 aromatic rings. The van der Waals surface area contributed by atoms with Crippen molar-refractivity contribution in [2.24, 2.45) is 0 Å². The lowest BCUT2D eigenvalue weighted by molar-refractivity contribution is -0.870. The third-order valence-corrected chi connectivity index (χ3v) is 6.22. The predicted octanol–water partition coefficient (Wildman–Crippen LogP) is 4.56. The maximum atomic E-state index is 12.0. The summed E-state index contributed by atoms with van der Waals surface area (Å²) in [5.74, 6) is -1.13. The fourth-order valence-corrected chi connectivity index (χ4v) is 3.66. The molecule has 0 aromatic heterocycles. The molecule has 10 nitrogen and oxygen atoms in total. The number of carbonyl (C=O) groups excluding carboxylic acids is 2. The molecule has 0 rings (SSSR count). The molecule has 11 heteroatoms. The predicted molar refractivity (Wildman–Crippen MR) is 159 cm³/mol. The van der Waals surface area contributed by atoms with Crippen molar-refractivity contribution in [2.45, 2.75) is 71.0 Å². The number of aliphatic hydroxyl groups excluding tert-OH is 1. The first-order valence-electron chi connectivity index (χ1n) is 14.0. The lowest BCUT2D eigenvalue weighted by Gasteiger charge is -2.28. The van der Waals surface area contributed by atoms with E-state index in [9.17, 15) is 24.2 Å². The van der Waals surface area contributed by atoms with Gasteiger partial charge in [0.1, 0.15) is 19.8 Å². The fourth-order valence-electron chi connectivity index (χ4n) is 2.93. The van der Waals surface area contributed by atoms with Gasteiger partial charge in [-0.15, -0.1) is 0 Å². The van der Waals surface area contributed by atoms with Crippen LogP contribution in [0.4, 0.5) is 0 Å². The summed E-state index contributed by atoms with van der Waals surface area (Å²) in [6, 6.07) is 0. The van der Waals surface area contributed by atoms with Crippen molar-refractivity contribution in [2.75, 3.05) is 47.5 Å². The Kier molecular flexibility index (Phi) is 21.9. The van der Waals surface area contributed by atoms with Crippen molar-refractivity contribution in [1.82, 2.24) is 0 Å². The normalized spacial score (nSPS) is 15.8. The Labute approximate surface area is 246 Å². The van der Waals surface area contributed by atoms with Crippen LogP contribution >= 0.6 is 7.82 Å². The molecule has 0 aliphatic heterocycles. The van der Waals surface area contributed by atoms with Crippen LogP contribution < -0.4 is 4.89 Å². The van der Waals surface area contributed by atoms with Crippen molar-refractivity contribution in [1.29, 1.82) is 0 Å². The van der Waals surface area contributed by atoms with Crippen LogP contribution in [-0.4, -0.2) is 81.2 Å². The van der Waals surface area contributed by atoms with E-state index in [1.165, 1.54) is 6.92 Å². The van der Waals surface area contributed by atoms with E-state index in [4.69, 9.17) is 18.5 Å². The highest BCUT2D eigenvalue weighted by molar-refractivity contribution is 7.45. The van der Waals surface area contributed by atoms with E-state index in [-0.39, 0.29) is 25.7 Å². The number of phosphoric acid groups is 1. The smallest absolute Gasteiger partial charge is 0.305 e. The maximum absolute atomic E-state index is 12.0. The van der Waals surface area contributed by atoms with Crippen LogP contribution in [0.25, 0.3) is 0 Å². The van der Waals surface area contributed by atoms with E-state index in [0.717, 1.165) is 19.3 Å². The lowest BCUT2D eigenvalue weighted by atomic mass is 10.2. The van der Waals surface area contributed by atoms with Gasteiger partial charge < -0.3 is 33.0 Å². The third-order valence-electron chi connectivity index (χ3n) is 5.26. The molecule has 0 saturated carbocycles. The van der Waals surface area contributed by atoms with Crippen LogP contribution in [0.15, 0.2) is 60.8 Å². The number of allylic oxidation sites excluding steroid dienone is 9. The summed E-state index contributed by atoms with van der Waals surface area (Å²) >= 11 is 0. The molecule has 0 aliphatic rings. The van der Waals surface area contributed by atoms with E-state index >= 15 is 0 Å². The zero-order valence-electron chi connectivity index (χ0n) is 25.3. The SMILES string of the molecule is CC[C@H](O)/C=C/C=C\C/C=C\C/C=C\C/C=C\CCCC(=O)OC[C@H](COP(=O)([O-])OCC[N+](C)(C)C)OC(C)=O. The Morgan fingerprint density at radius 2 is 1.54 bits per heavy atom. The quantitative estimate of drug-likeness (QED) is 0.0448. The summed E-state index contributed by atoms with van der Waals surface area (Å²) in [5.41, 5.74) is 0. The number of aliphatic hydroxyl groups is 1. The Hall–Kier alpha value is -2.33. The van der Waals surface area contributed by atoms with E-state index in [2.05, 4.69) is 24.3 Å². The second kappa shape index (κ2) is 23.3. The highest BCUT2D eigenvalue weighted by atomic mass is 31.2. The summed E-state index contributed by atoms with van der Waals surface area (Å²) in [6.45, 7) is 2.68. The number of unbranched alkanes of at least 4 members (excludes halogenated alkanes) is 1. The van der Waals surface area contributed by atoms with Crippen LogP contribution in [0.1, 0.15) is 58.8 Å². The second-order valence-electron chi connectivity index (χ2n) is 10.3. The van der Waals surface area contributed by atoms with E-state index in [1.807, 2.05) is 58.4 Å². The van der Waals surface area contributed by atoms with Crippen molar-refractivity contribution >= 4 is 19.8 Å². The molecule has 0 amide bonds. The van der Waals surface area contributed by atoms with Crippen LogP contribution in [0.3, 0.4) is 0 Å². The lowest BCUT2D eigenvalue weighted by Crippen LogP contribution is -2.37. The molecule has 0 aliphatic carbocycles. The molecular formula is C30H50NO9P. The van der Waals surface area contributed by atoms with Gasteiger partial charge in [-0.05, 0) is 38.5 Å². The van der Waals surface area contributed by atoms with Crippen LogP contribution in [0.2, 0.25) is 0 Å². The highest BCUT2D eigenvalue weighted by Gasteiger charge is 2.20. The Balaban J connectivity index is 4.12. The Morgan fingerprint density at radius 1 is 0.927 bits per heavy atom. The van der Waals surface area contributed by atoms with Gasteiger partial charge in [0.25, 0.3) is 7.82 Å². The average Bonchev–Trinajstić information content (AvgIpc) is 2.88. The van der Waals surface area contributed by atoms with Crippen molar-refractivity contribution in [3.8, 4) is 0 Å². The summed E-state index contributed by atoms with van der Waals surface area (Å²) in [4.78, 5) is 35.3. The zero-order valence-corrected chi connectivity index (χ0v) is 26.2. The maximum Gasteiger partial charge on any atom is 0.305 e. The molecule has 0 saturated heterocycles. The fraction of sp³-hybridized carbons (Fsp3) is 0.600. The molecule has 1 N–H and O–H groups in total. The number of quaternary nitrogens is 1. The first-order valence-corrected chi connectivity index (χ1v) is 15.5. The second-order valence-corrected chi connectivity index (χ2v) is 11.7. The monoisotopic (exact) mass is 599 g/mol. The van der Waals surface area contributed by atoms with Crippen molar-refractivity contribution in [3.05, 3.63) is 60.8 Å². The molecule has 234 valence electrons. The summed E-state index contributed by atoms with van der Waals surface area (Å²) in [7, 11) is 1.09. The molecule has 3 atom stereocenters. The largest absolute Gasteiger partial charge is 0.756 e. The molecule has 0 aromatic carbocycles. The van der Waals surface area contributed by atoms with E-state index in [0.29, 0.717) is 30.3 Å². The van der Waals surface area contributed by atoms with Gasteiger partial charge >= 0.3 is 11.9 Å². The number of phosphoric ester groups is 1. The molecule has 0 heterocycles. The number of hydrogen-bond acceptors (Lipinski definition) is 9. The molecule has 0 spiro atoms. The summed E-state index contributed by atoms with van der Waals surface area (Å²) < 4.78 is 32.2. The first kappa shape index (κ1) is 38.7. The molecule has 41 heavy (non-hydrogen) atoms. The number of esters is 2. The van der Waals surface area contributed by atoms with Gasteiger partial charge in [-0.25, -0.2) is 0 Å². The van der Waals surface area contributed by atoms with Crippen molar-refractivity contribution < 1.29 is 47.2 Å². The Bertz CT molecular complexity index is 919. The first-order chi connectivity index (χ1) is 19.3. The number of ether oxygens (including phenoxy) is 2. The number of carbonyl (C=O) groups is 2. The molecular weight excluding hydrogens is 549 g/mol. The molecule has 0 bridgehead atoms. The summed E-state index contributed by atoms with van der Waals surface area (Å²) in [6.07, 6.45) is 23.2. The van der Waals surface area contributed by atoms with Gasteiger partial charge in [-0.2, -0.15) is 0 Å². The third kappa shape index (κ3) is 27.6. The molecule has 0 radical (unpaired) electrons. The standard InChI is InChI=1S/C30H50NO9P/c1-6-28(33)21-19-17-15-13-11-9-7-8-10-12-14-16-18-20-22-30(34)37-25-29(40-27(2)32)26-39-41(35,36)38-24-23-31(3,4)5/h8-11,14-17,19,21,28-29,33H,6-7,12-13,18,20,22-26H2,1-5H3/b10-8-,11-9-,16-14-,17-15-,21-19+/t28-,29+/m0/s1.